The van der Waals surface area contributed by atoms with Gasteiger partial charge < -0.3 is 9.88 Å². The predicted molar refractivity (Wildman–Crippen MR) is 61.3 cm³/mol. The standard InChI is InChI=1S/C12H13N3O2/c1-7-11-6-15(8(2)16)4-3-9(11)10(5-13)12(17)14-7/h3-4,6H2,1-2H3,(H,14,17). The van der Waals surface area contributed by atoms with E-state index in [1.165, 1.54) is 6.92 Å². The third kappa shape index (κ3) is 1.82. The molecule has 17 heavy (non-hydrogen) atoms. The van der Waals surface area contributed by atoms with Crippen LogP contribution in [0, 0.1) is 18.3 Å². The number of hydrogen-bond acceptors (Lipinski definition) is 3. The number of aryl methyl sites for hydroxylation is 1. The first-order valence-electron chi connectivity index (χ1n) is 5.45. The Morgan fingerprint density at radius 2 is 2.18 bits per heavy atom. The summed E-state index contributed by atoms with van der Waals surface area (Å²) in [5.41, 5.74) is 2.30. The molecule has 0 saturated heterocycles. The van der Waals surface area contributed by atoms with E-state index in [4.69, 9.17) is 5.26 Å². The van der Waals surface area contributed by atoms with Crippen LogP contribution in [-0.2, 0) is 17.8 Å². The Bertz CT molecular complexity index is 581. The van der Waals surface area contributed by atoms with Crippen LogP contribution in [-0.4, -0.2) is 22.3 Å². The van der Waals surface area contributed by atoms with E-state index < -0.39 is 0 Å². The van der Waals surface area contributed by atoms with E-state index in [0.29, 0.717) is 19.5 Å². The van der Waals surface area contributed by atoms with Gasteiger partial charge >= 0.3 is 0 Å². The van der Waals surface area contributed by atoms with Gasteiger partial charge in [-0.05, 0) is 24.5 Å². The fourth-order valence-corrected chi connectivity index (χ4v) is 2.22. The highest BCUT2D eigenvalue weighted by atomic mass is 16.2. The van der Waals surface area contributed by atoms with E-state index in [1.807, 2.05) is 6.07 Å². The highest BCUT2D eigenvalue weighted by Gasteiger charge is 2.23. The maximum absolute atomic E-state index is 11.6. The molecule has 0 saturated carbocycles. The molecule has 1 aliphatic rings. The summed E-state index contributed by atoms with van der Waals surface area (Å²) in [6.07, 6.45) is 0.572. The van der Waals surface area contributed by atoms with Gasteiger partial charge in [0.2, 0.25) is 5.91 Å². The minimum Gasteiger partial charge on any atom is -0.338 e. The zero-order valence-electron chi connectivity index (χ0n) is 9.83. The Labute approximate surface area is 98.7 Å². The number of nitrogens with zero attached hydrogens (tertiary/aromatic N) is 2. The first kappa shape index (κ1) is 11.4. The van der Waals surface area contributed by atoms with Crippen molar-refractivity contribution in [3.63, 3.8) is 0 Å². The van der Waals surface area contributed by atoms with Crippen molar-refractivity contribution in [2.75, 3.05) is 6.54 Å². The number of carbonyl (C=O) groups excluding carboxylic acids is 1. The molecular weight excluding hydrogens is 218 g/mol. The second-order valence-corrected chi connectivity index (χ2v) is 4.21. The second-order valence-electron chi connectivity index (χ2n) is 4.21. The molecule has 0 fully saturated rings. The lowest BCUT2D eigenvalue weighted by atomic mass is 9.95. The van der Waals surface area contributed by atoms with Gasteiger partial charge in [-0.25, -0.2) is 0 Å². The van der Waals surface area contributed by atoms with Crippen molar-refractivity contribution < 1.29 is 4.79 Å². The number of rotatable bonds is 0. The lowest BCUT2D eigenvalue weighted by molar-refractivity contribution is -0.129. The van der Waals surface area contributed by atoms with E-state index >= 15 is 0 Å². The summed E-state index contributed by atoms with van der Waals surface area (Å²) in [4.78, 5) is 27.3. The summed E-state index contributed by atoms with van der Waals surface area (Å²) in [5.74, 6) is 0.0137. The first-order valence-corrected chi connectivity index (χ1v) is 5.45. The van der Waals surface area contributed by atoms with E-state index in [0.717, 1.165) is 16.8 Å². The molecule has 0 bridgehead atoms. The van der Waals surface area contributed by atoms with E-state index in [-0.39, 0.29) is 17.0 Å². The Kier molecular flexibility index (Phi) is 2.72. The van der Waals surface area contributed by atoms with Gasteiger partial charge in [0.15, 0.2) is 0 Å². The number of nitrogens with one attached hydrogen (secondary N) is 1. The first-order chi connectivity index (χ1) is 8.04. The third-order valence-corrected chi connectivity index (χ3v) is 3.18. The van der Waals surface area contributed by atoms with Crippen LogP contribution in [0.25, 0.3) is 0 Å². The molecule has 5 heteroatoms. The zero-order chi connectivity index (χ0) is 12.6. The van der Waals surface area contributed by atoms with Gasteiger partial charge in [-0.2, -0.15) is 5.26 Å². The molecule has 0 atom stereocenters. The number of pyridine rings is 1. The summed E-state index contributed by atoms with van der Waals surface area (Å²) >= 11 is 0. The van der Waals surface area contributed by atoms with E-state index in [2.05, 4.69) is 4.98 Å². The highest BCUT2D eigenvalue weighted by Crippen LogP contribution is 2.22. The zero-order valence-corrected chi connectivity index (χ0v) is 9.83. The normalized spacial score (nSPS) is 14.1. The summed E-state index contributed by atoms with van der Waals surface area (Å²) < 4.78 is 0. The molecular formula is C12H13N3O2. The fourth-order valence-electron chi connectivity index (χ4n) is 2.22. The maximum atomic E-state index is 11.6. The Morgan fingerprint density at radius 3 is 2.76 bits per heavy atom. The minimum atomic E-state index is -0.333. The Morgan fingerprint density at radius 1 is 1.47 bits per heavy atom. The van der Waals surface area contributed by atoms with E-state index in [9.17, 15) is 9.59 Å². The number of hydrogen-bond donors (Lipinski definition) is 1. The SMILES string of the molecule is CC(=O)N1CCc2c(c(C)[nH]c(=O)c2C#N)C1. The Hall–Kier alpha value is -2.09. The van der Waals surface area contributed by atoms with Crippen LogP contribution >= 0.6 is 0 Å². The molecule has 0 unspecified atom stereocenters. The number of carbonyl (C=O) groups is 1. The van der Waals surface area contributed by atoms with Crippen molar-refractivity contribution in [1.29, 1.82) is 5.26 Å². The van der Waals surface area contributed by atoms with Crippen LogP contribution in [0.4, 0.5) is 0 Å². The molecule has 5 nitrogen and oxygen atoms in total. The summed E-state index contributed by atoms with van der Waals surface area (Å²) in [7, 11) is 0. The number of H-pyrrole nitrogens is 1. The molecule has 1 aromatic rings. The van der Waals surface area contributed by atoms with Gasteiger partial charge in [-0.15, -0.1) is 0 Å². The molecule has 2 rings (SSSR count). The number of aromatic amines is 1. The molecule has 88 valence electrons. The lowest BCUT2D eigenvalue weighted by Gasteiger charge is -2.29. The average molecular weight is 231 g/mol. The van der Waals surface area contributed by atoms with Crippen molar-refractivity contribution >= 4 is 5.91 Å². The highest BCUT2D eigenvalue weighted by molar-refractivity contribution is 5.73. The molecule has 1 aromatic heterocycles. The topological polar surface area (TPSA) is 77.0 Å². The number of amides is 1. The fraction of sp³-hybridized carbons (Fsp3) is 0.417. The van der Waals surface area contributed by atoms with E-state index in [1.54, 1.807) is 11.8 Å². The molecule has 0 radical (unpaired) electrons. The number of aromatic nitrogens is 1. The molecule has 1 amide bonds. The minimum absolute atomic E-state index is 0.0137. The second kappa shape index (κ2) is 4.06. The van der Waals surface area contributed by atoms with Crippen molar-refractivity contribution in [3.8, 4) is 6.07 Å². The smallest absolute Gasteiger partial charge is 0.266 e. The van der Waals surface area contributed by atoms with Crippen LogP contribution in [0.3, 0.4) is 0 Å². The van der Waals surface area contributed by atoms with Gasteiger partial charge in [-0.3, -0.25) is 9.59 Å². The number of fused-ring (bicyclic) bond motifs is 1. The summed E-state index contributed by atoms with van der Waals surface area (Å²) in [6, 6.07) is 1.95. The average Bonchev–Trinajstić information content (AvgIpc) is 2.29. The van der Waals surface area contributed by atoms with Crippen LogP contribution < -0.4 is 5.56 Å². The van der Waals surface area contributed by atoms with Gasteiger partial charge in [-0.1, -0.05) is 0 Å². The molecule has 2 heterocycles. The molecule has 1 N–H and O–H groups in total. The van der Waals surface area contributed by atoms with Crippen molar-refractivity contribution in [2.45, 2.75) is 26.8 Å². The summed E-state index contributed by atoms with van der Waals surface area (Å²) in [5, 5.41) is 8.99. The third-order valence-electron chi connectivity index (χ3n) is 3.18. The van der Waals surface area contributed by atoms with Gasteiger partial charge in [0.05, 0.1) is 0 Å². The van der Waals surface area contributed by atoms with Crippen LogP contribution in [0.1, 0.15) is 29.3 Å². The molecule has 0 spiro atoms. The van der Waals surface area contributed by atoms with Crippen LogP contribution in [0.15, 0.2) is 4.79 Å². The van der Waals surface area contributed by atoms with Gasteiger partial charge in [0.1, 0.15) is 11.6 Å². The summed E-state index contributed by atoms with van der Waals surface area (Å²) in [6.45, 7) is 4.37. The molecule has 0 aromatic carbocycles. The van der Waals surface area contributed by atoms with Crippen molar-refractivity contribution in [2.24, 2.45) is 0 Å². The number of nitriles is 1. The Balaban J connectivity index is 2.57. The predicted octanol–water partition coefficient (Wildman–Crippen LogP) is 0.460. The molecule has 1 aliphatic heterocycles. The van der Waals surface area contributed by atoms with Crippen molar-refractivity contribution in [3.05, 3.63) is 32.7 Å². The largest absolute Gasteiger partial charge is 0.338 e. The van der Waals surface area contributed by atoms with Gasteiger partial charge in [0, 0.05) is 25.7 Å². The lowest BCUT2D eigenvalue weighted by Crippen LogP contribution is -2.36. The van der Waals surface area contributed by atoms with Gasteiger partial charge in [0.25, 0.3) is 5.56 Å². The van der Waals surface area contributed by atoms with Crippen LogP contribution in [0.2, 0.25) is 0 Å². The quantitative estimate of drug-likeness (QED) is 0.704. The maximum Gasteiger partial charge on any atom is 0.266 e. The van der Waals surface area contributed by atoms with Crippen LogP contribution in [0.5, 0.6) is 0 Å². The molecule has 0 aliphatic carbocycles. The monoisotopic (exact) mass is 231 g/mol. The van der Waals surface area contributed by atoms with Crippen molar-refractivity contribution in [1.82, 2.24) is 9.88 Å².